The van der Waals surface area contributed by atoms with E-state index >= 15 is 0 Å². The molecule has 2 bridgehead atoms. The molecule has 0 aromatic rings. The number of hydrogen-bond acceptors (Lipinski definition) is 4. The van der Waals surface area contributed by atoms with Crippen molar-refractivity contribution in [3.63, 3.8) is 0 Å². The Morgan fingerprint density at radius 1 is 1.12 bits per heavy atom. The lowest BCUT2D eigenvalue weighted by Gasteiger charge is -2.68. The Morgan fingerprint density at radius 3 is 2.24 bits per heavy atom. The standard InChI is InChI=1S/C15H20F3N3O4/c1-8(22)19-14-5-13(6-14,7-14)12(24)21-20-11(23)10-2-9(3-10)4-25-15(16,17)18/h9-10H,2-7H2,1H3,(H,19,22)(H,20,23)(H,21,24). The molecule has 4 fully saturated rings. The zero-order chi connectivity index (χ0) is 18.5. The topological polar surface area (TPSA) is 96.5 Å². The van der Waals surface area contributed by atoms with Crippen molar-refractivity contribution < 1.29 is 32.3 Å². The van der Waals surface area contributed by atoms with Gasteiger partial charge in [0, 0.05) is 18.4 Å². The van der Waals surface area contributed by atoms with Gasteiger partial charge in [0.25, 0.3) is 0 Å². The summed E-state index contributed by atoms with van der Waals surface area (Å²) in [6.45, 7) is 0.979. The number of carbonyl (C=O) groups is 3. The molecule has 4 aliphatic carbocycles. The quantitative estimate of drug-likeness (QED) is 0.628. The summed E-state index contributed by atoms with van der Waals surface area (Å²) in [7, 11) is 0. The van der Waals surface area contributed by atoms with Gasteiger partial charge < -0.3 is 5.32 Å². The Kier molecular flexibility index (Phi) is 4.21. The lowest BCUT2D eigenvalue weighted by atomic mass is 9.39. The molecular weight excluding hydrogens is 343 g/mol. The van der Waals surface area contributed by atoms with Crippen molar-refractivity contribution >= 4 is 17.7 Å². The van der Waals surface area contributed by atoms with Crippen molar-refractivity contribution in [2.45, 2.75) is 50.9 Å². The van der Waals surface area contributed by atoms with Crippen LogP contribution in [0.3, 0.4) is 0 Å². The van der Waals surface area contributed by atoms with E-state index in [4.69, 9.17) is 0 Å². The van der Waals surface area contributed by atoms with Gasteiger partial charge in [-0.05, 0) is 38.0 Å². The molecule has 25 heavy (non-hydrogen) atoms. The monoisotopic (exact) mass is 363 g/mol. The second-order valence-electron chi connectivity index (χ2n) is 7.51. The maximum atomic E-state index is 12.1. The fourth-order valence-corrected chi connectivity index (χ4v) is 4.19. The average molecular weight is 363 g/mol. The molecule has 0 aliphatic heterocycles. The van der Waals surface area contributed by atoms with Crippen molar-refractivity contribution in [3.8, 4) is 0 Å². The number of halogens is 3. The Hall–Kier alpha value is -1.84. The summed E-state index contributed by atoms with van der Waals surface area (Å²) in [5, 5.41) is 2.83. The molecule has 3 amide bonds. The van der Waals surface area contributed by atoms with E-state index in [9.17, 15) is 27.6 Å². The Balaban J connectivity index is 1.32. The second kappa shape index (κ2) is 5.86. The minimum absolute atomic E-state index is 0.129. The van der Waals surface area contributed by atoms with Gasteiger partial charge in [-0.3, -0.25) is 30.0 Å². The van der Waals surface area contributed by atoms with Crippen LogP contribution in [0.5, 0.6) is 0 Å². The van der Waals surface area contributed by atoms with Gasteiger partial charge in [0.15, 0.2) is 0 Å². The third kappa shape index (κ3) is 3.58. The SMILES string of the molecule is CC(=O)NC12CC(C(=O)NNC(=O)C3CC(COC(F)(F)F)C3)(C1)C2. The highest BCUT2D eigenvalue weighted by Gasteiger charge is 2.72. The number of rotatable bonds is 5. The fraction of sp³-hybridized carbons (Fsp3) is 0.800. The Morgan fingerprint density at radius 2 is 1.72 bits per heavy atom. The van der Waals surface area contributed by atoms with E-state index in [1.165, 1.54) is 6.92 Å². The molecule has 0 aromatic heterocycles. The number of hydrazine groups is 1. The highest BCUT2D eigenvalue weighted by molar-refractivity contribution is 5.90. The van der Waals surface area contributed by atoms with Crippen molar-refractivity contribution in [1.82, 2.24) is 16.2 Å². The molecule has 4 aliphatic rings. The van der Waals surface area contributed by atoms with E-state index in [2.05, 4.69) is 20.9 Å². The van der Waals surface area contributed by atoms with E-state index in [1.807, 2.05) is 0 Å². The Bertz CT molecular complexity index is 582. The van der Waals surface area contributed by atoms with Crippen LogP contribution in [-0.2, 0) is 19.1 Å². The third-order valence-electron chi connectivity index (χ3n) is 5.34. The first kappa shape index (κ1) is 18.0. The molecule has 4 rings (SSSR count). The summed E-state index contributed by atoms with van der Waals surface area (Å²) in [4.78, 5) is 35.1. The van der Waals surface area contributed by atoms with Gasteiger partial charge in [-0.25, -0.2) is 0 Å². The predicted molar refractivity (Wildman–Crippen MR) is 77.3 cm³/mol. The van der Waals surface area contributed by atoms with Crippen molar-refractivity contribution in [2.24, 2.45) is 17.3 Å². The summed E-state index contributed by atoms with van der Waals surface area (Å²) in [6, 6.07) is 0. The minimum Gasteiger partial charge on any atom is -0.351 e. The molecule has 3 N–H and O–H groups in total. The third-order valence-corrected chi connectivity index (χ3v) is 5.34. The first-order valence-corrected chi connectivity index (χ1v) is 8.12. The zero-order valence-electron chi connectivity index (χ0n) is 13.7. The van der Waals surface area contributed by atoms with Gasteiger partial charge in [-0.15, -0.1) is 13.2 Å². The highest BCUT2D eigenvalue weighted by atomic mass is 19.4. The van der Waals surface area contributed by atoms with Crippen LogP contribution in [-0.4, -0.2) is 36.2 Å². The lowest BCUT2D eigenvalue weighted by molar-refractivity contribution is -0.330. The van der Waals surface area contributed by atoms with Crippen LogP contribution in [0.25, 0.3) is 0 Å². The number of alkyl halides is 3. The fourth-order valence-electron chi connectivity index (χ4n) is 4.19. The zero-order valence-corrected chi connectivity index (χ0v) is 13.7. The number of ether oxygens (including phenoxy) is 1. The maximum Gasteiger partial charge on any atom is 0.522 e. The van der Waals surface area contributed by atoms with Gasteiger partial charge in [0.05, 0.1) is 12.0 Å². The van der Waals surface area contributed by atoms with Crippen LogP contribution in [0.15, 0.2) is 0 Å². The van der Waals surface area contributed by atoms with Crippen molar-refractivity contribution in [2.75, 3.05) is 6.61 Å². The number of hydrogen-bond donors (Lipinski definition) is 3. The highest BCUT2D eigenvalue weighted by Crippen LogP contribution is 2.67. The largest absolute Gasteiger partial charge is 0.522 e. The van der Waals surface area contributed by atoms with E-state index in [-0.39, 0.29) is 23.3 Å². The summed E-state index contributed by atoms with van der Waals surface area (Å²) < 4.78 is 39.5. The average Bonchev–Trinajstić information content (AvgIpc) is 2.35. The predicted octanol–water partition coefficient (Wildman–Crippen LogP) is 0.755. The molecule has 0 saturated heterocycles. The van der Waals surface area contributed by atoms with E-state index in [0.717, 1.165) is 0 Å². The molecule has 140 valence electrons. The first-order valence-electron chi connectivity index (χ1n) is 8.12. The van der Waals surface area contributed by atoms with Crippen LogP contribution in [0.1, 0.15) is 39.0 Å². The normalized spacial score (nSPS) is 35.5. The molecule has 0 atom stereocenters. The second-order valence-corrected chi connectivity index (χ2v) is 7.51. The molecule has 0 aromatic carbocycles. The van der Waals surface area contributed by atoms with Crippen molar-refractivity contribution in [1.29, 1.82) is 0 Å². The lowest BCUT2D eigenvalue weighted by Crippen LogP contribution is -2.78. The summed E-state index contributed by atoms with van der Waals surface area (Å²) in [6.07, 6.45) is -2.38. The van der Waals surface area contributed by atoms with Gasteiger partial charge in [0.2, 0.25) is 17.7 Å². The van der Waals surface area contributed by atoms with E-state index < -0.39 is 30.2 Å². The van der Waals surface area contributed by atoms with Crippen LogP contribution in [0, 0.1) is 17.3 Å². The summed E-state index contributed by atoms with van der Waals surface area (Å²) >= 11 is 0. The van der Waals surface area contributed by atoms with Crippen molar-refractivity contribution in [3.05, 3.63) is 0 Å². The maximum absolute atomic E-state index is 12.1. The van der Waals surface area contributed by atoms with Gasteiger partial charge >= 0.3 is 6.36 Å². The number of carbonyl (C=O) groups excluding carboxylic acids is 3. The summed E-state index contributed by atoms with van der Waals surface area (Å²) in [5.41, 5.74) is 3.93. The molecule has 0 heterocycles. The smallest absolute Gasteiger partial charge is 0.351 e. The molecule has 0 spiro atoms. The number of amides is 3. The first-order chi connectivity index (χ1) is 11.5. The molecule has 0 unspecified atom stereocenters. The van der Waals surface area contributed by atoms with Crippen LogP contribution < -0.4 is 16.2 Å². The number of nitrogens with one attached hydrogen (secondary N) is 3. The molecule has 4 saturated carbocycles. The molecule has 0 radical (unpaired) electrons. The molecule has 10 heteroatoms. The van der Waals surface area contributed by atoms with Crippen LogP contribution in [0.4, 0.5) is 13.2 Å². The van der Waals surface area contributed by atoms with Gasteiger partial charge in [0.1, 0.15) is 0 Å². The summed E-state index contributed by atoms with van der Waals surface area (Å²) in [5.74, 6) is -1.54. The van der Waals surface area contributed by atoms with E-state index in [0.29, 0.717) is 32.1 Å². The van der Waals surface area contributed by atoms with E-state index in [1.54, 1.807) is 0 Å². The van der Waals surface area contributed by atoms with Crippen LogP contribution in [0.2, 0.25) is 0 Å². The molecule has 7 nitrogen and oxygen atoms in total. The molecular formula is C15H20F3N3O4. The Labute approximate surface area is 142 Å². The van der Waals surface area contributed by atoms with Gasteiger partial charge in [-0.2, -0.15) is 0 Å². The minimum atomic E-state index is -4.65. The van der Waals surface area contributed by atoms with Crippen LogP contribution >= 0.6 is 0 Å². The van der Waals surface area contributed by atoms with Gasteiger partial charge in [-0.1, -0.05) is 0 Å².